The van der Waals surface area contributed by atoms with Crippen molar-refractivity contribution in [3.05, 3.63) is 69.9 Å². The number of hydrogen-bond acceptors (Lipinski definition) is 4. The van der Waals surface area contributed by atoms with Crippen LogP contribution in [0.2, 0.25) is 0 Å². The van der Waals surface area contributed by atoms with Gasteiger partial charge in [0.2, 0.25) is 11.6 Å². The minimum absolute atomic E-state index is 0.0735. The van der Waals surface area contributed by atoms with Gasteiger partial charge in [0.25, 0.3) is 0 Å². The van der Waals surface area contributed by atoms with Crippen molar-refractivity contribution in [2.45, 2.75) is 31.8 Å². The molecule has 1 amide bonds. The van der Waals surface area contributed by atoms with Crippen LogP contribution in [0.4, 0.5) is 5.69 Å². The van der Waals surface area contributed by atoms with E-state index in [9.17, 15) is 20.0 Å². The molecule has 2 bridgehead atoms. The predicted octanol–water partition coefficient (Wildman–Crippen LogP) is 1.24. The van der Waals surface area contributed by atoms with Gasteiger partial charge in [-0.2, -0.15) is 5.23 Å². The number of piperidine rings is 1. The van der Waals surface area contributed by atoms with E-state index >= 15 is 0 Å². The molecule has 5 rings (SSSR count). The molecule has 156 valence electrons. The van der Waals surface area contributed by atoms with Crippen molar-refractivity contribution in [1.82, 2.24) is 14.0 Å². The third-order valence-corrected chi connectivity index (χ3v) is 6.43. The lowest BCUT2D eigenvalue weighted by Gasteiger charge is -2.43. The predicted molar refractivity (Wildman–Crippen MR) is 110 cm³/mol. The number of quaternary nitrogens is 1. The van der Waals surface area contributed by atoms with Crippen molar-refractivity contribution in [2.75, 3.05) is 13.1 Å². The minimum atomic E-state index is -1.19. The average molecular weight is 408 g/mol. The number of benzene rings is 1. The first-order chi connectivity index (χ1) is 14.5. The van der Waals surface area contributed by atoms with Crippen molar-refractivity contribution in [1.29, 1.82) is 0 Å². The molecule has 0 radical (unpaired) electrons. The van der Waals surface area contributed by atoms with Crippen LogP contribution in [0.25, 0.3) is 10.9 Å². The summed E-state index contributed by atoms with van der Waals surface area (Å²) >= 11 is 0. The fourth-order valence-corrected chi connectivity index (χ4v) is 5.02. The zero-order valence-electron chi connectivity index (χ0n) is 16.5. The molecule has 1 fully saturated rings. The summed E-state index contributed by atoms with van der Waals surface area (Å²) in [6, 6.07) is 13.3. The van der Waals surface area contributed by atoms with Gasteiger partial charge in [-0.15, -0.1) is 0 Å². The lowest BCUT2D eigenvalue weighted by molar-refractivity contribution is -0.992. The van der Waals surface area contributed by atoms with Crippen LogP contribution in [0.1, 0.15) is 24.5 Å². The van der Waals surface area contributed by atoms with Crippen LogP contribution >= 0.6 is 0 Å². The van der Waals surface area contributed by atoms with Crippen LogP contribution in [0.5, 0.6) is 0 Å². The van der Waals surface area contributed by atoms with Gasteiger partial charge < -0.3 is 19.2 Å². The van der Waals surface area contributed by atoms with E-state index in [1.807, 2.05) is 23.2 Å². The Kier molecular flexibility index (Phi) is 4.69. The molecule has 3 aromatic rings. The van der Waals surface area contributed by atoms with Gasteiger partial charge in [0, 0.05) is 62.0 Å². The Morgan fingerprint density at radius 1 is 1.13 bits per heavy atom. The Hall–Kier alpha value is -2.94. The van der Waals surface area contributed by atoms with Crippen molar-refractivity contribution in [3.8, 4) is 0 Å². The van der Waals surface area contributed by atoms with Crippen LogP contribution < -0.4 is 10.8 Å². The van der Waals surface area contributed by atoms with Gasteiger partial charge in [-0.1, -0.05) is 18.2 Å². The first-order valence-corrected chi connectivity index (χ1v) is 10.3. The number of pyridine rings is 1. The zero-order chi connectivity index (χ0) is 20.8. The molecule has 3 atom stereocenters. The Bertz CT molecular complexity index is 1170. The van der Waals surface area contributed by atoms with E-state index in [-0.39, 0.29) is 23.4 Å². The molecule has 30 heavy (non-hydrogen) atoms. The van der Waals surface area contributed by atoms with Crippen LogP contribution in [-0.2, 0) is 17.9 Å². The van der Waals surface area contributed by atoms with Gasteiger partial charge in [0.15, 0.2) is 0 Å². The van der Waals surface area contributed by atoms with Crippen molar-refractivity contribution < 1.29 is 15.2 Å². The summed E-state index contributed by atoms with van der Waals surface area (Å²) < 4.78 is 3.72. The highest BCUT2D eigenvalue weighted by Crippen LogP contribution is 2.35. The maximum absolute atomic E-state index is 12.9. The number of nitrogens with one attached hydrogen (secondary N) is 1. The van der Waals surface area contributed by atoms with E-state index < -0.39 is 10.8 Å². The number of carbonyl (C=O) groups is 1. The summed E-state index contributed by atoms with van der Waals surface area (Å²) in [5.41, 5.74) is 1.35. The molecule has 8 nitrogen and oxygen atoms in total. The molecule has 2 aliphatic heterocycles. The number of rotatable bonds is 4. The highest BCUT2D eigenvalue weighted by Gasteiger charge is 2.37. The first kappa shape index (κ1) is 19.0. The number of carbonyl (C=O) groups excluding carboxylic acids is 1. The topological polar surface area (TPSA) is 95.0 Å². The molecule has 1 aromatic carbocycles. The SMILES string of the molecule is O=C(CCn1ccc2ccccc21)N1CC2CC(C1)c1ccc([NH+]([O-])O)c(=O)n1C2. The normalized spacial score (nSPS) is 21.5. The van der Waals surface area contributed by atoms with Crippen LogP contribution in [0.15, 0.2) is 53.5 Å². The van der Waals surface area contributed by atoms with Gasteiger partial charge in [-0.3, -0.25) is 9.59 Å². The number of aromatic nitrogens is 2. The maximum Gasteiger partial charge on any atom is 0.315 e. The average Bonchev–Trinajstić information content (AvgIpc) is 3.15. The van der Waals surface area contributed by atoms with Crippen LogP contribution in [-0.4, -0.2) is 38.2 Å². The van der Waals surface area contributed by atoms with Gasteiger partial charge in [-0.05, 0) is 35.9 Å². The second kappa shape index (κ2) is 7.39. The lowest BCUT2D eigenvalue weighted by Crippen LogP contribution is -3.00. The van der Waals surface area contributed by atoms with Gasteiger partial charge >= 0.3 is 5.56 Å². The number of nitrogens with zero attached hydrogens (tertiary/aromatic N) is 3. The fourth-order valence-electron chi connectivity index (χ4n) is 5.02. The first-order valence-electron chi connectivity index (χ1n) is 10.3. The molecule has 2 N–H and O–H groups in total. The zero-order valence-corrected chi connectivity index (χ0v) is 16.5. The number of para-hydroxylation sites is 1. The monoisotopic (exact) mass is 408 g/mol. The quantitative estimate of drug-likeness (QED) is 0.635. The largest absolute Gasteiger partial charge is 0.595 e. The molecular formula is C22H24N4O4. The van der Waals surface area contributed by atoms with E-state index in [1.54, 1.807) is 10.6 Å². The molecule has 0 saturated carbocycles. The molecule has 0 spiro atoms. The highest BCUT2D eigenvalue weighted by atomic mass is 16.8. The number of aryl methyl sites for hydroxylation is 1. The molecular weight excluding hydrogens is 384 g/mol. The third kappa shape index (κ3) is 3.23. The summed E-state index contributed by atoms with van der Waals surface area (Å²) in [7, 11) is 0. The molecule has 0 aliphatic carbocycles. The van der Waals surface area contributed by atoms with E-state index in [4.69, 9.17) is 0 Å². The van der Waals surface area contributed by atoms with E-state index in [0.717, 1.165) is 17.6 Å². The number of fused-ring (bicyclic) bond motifs is 5. The molecule has 2 aliphatic rings. The standard InChI is InChI=1S/C22H24N4O4/c27-21(8-10-23-9-7-16-3-1-2-4-18(16)23)24-12-15-11-17(14-24)19-5-6-20(26(29)30)22(28)25(19)13-15/h1-7,9,15,17,26,29H,8,10-14H2. The Morgan fingerprint density at radius 2 is 1.97 bits per heavy atom. The summed E-state index contributed by atoms with van der Waals surface area (Å²) in [6.45, 7) is 2.30. The summed E-state index contributed by atoms with van der Waals surface area (Å²) in [5, 5.41) is 20.5. The Labute approximate surface area is 173 Å². The third-order valence-electron chi connectivity index (χ3n) is 6.43. The smallest absolute Gasteiger partial charge is 0.315 e. The Balaban J connectivity index is 1.31. The molecule has 8 heteroatoms. The maximum atomic E-state index is 12.9. The summed E-state index contributed by atoms with van der Waals surface area (Å²) in [4.78, 5) is 27.4. The van der Waals surface area contributed by atoms with Crippen molar-refractivity contribution >= 4 is 22.5 Å². The van der Waals surface area contributed by atoms with Crippen LogP contribution in [0, 0.1) is 11.1 Å². The van der Waals surface area contributed by atoms with E-state index in [1.165, 1.54) is 11.5 Å². The molecule has 4 heterocycles. The molecule has 1 saturated heterocycles. The molecule has 3 unspecified atom stereocenters. The summed E-state index contributed by atoms with van der Waals surface area (Å²) in [6.07, 6.45) is 3.38. The van der Waals surface area contributed by atoms with Crippen molar-refractivity contribution in [2.24, 2.45) is 5.92 Å². The number of hydrogen-bond donors (Lipinski definition) is 2. The Morgan fingerprint density at radius 3 is 2.80 bits per heavy atom. The summed E-state index contributed by atoms with van der Waals surface area (Å²) in [5.74, 6) is 0.374. The van der Waals surface area contributed by atoms with E-state index in [2.05, 4.69) is 22.8 Å². The fraction of sp³-hybridized carbons (Fsp3) is 0.364. The number of likely N-dealkylation sites (tertiary alicyclic amines) is 1. The number of amides is 1. The second-order valence-electron chi connectivity index (χ2n) is 8.31. The highest BCUT2D eigenvalue weighted by molar-refractivity contribution is 5.80. The van der Waals surface area contributed by atoms with Gasteiger partial charge in [0.05, 0.1) is 0 Å². The minimum Gasteiger partial charge on any atom is -0.595 e. The van der Waals surface area contributed by atoms with E-state index in [0.29, 0.717) is 32.6 Å². The van der Waals surface area contributed by atoms with Gasteiger partial charge in [0.1, 0.15) is 0 Å². The molecule has 2 aromatic heterocycles. The second-order valence-corrected chi connectivity index (χ2v) is 8.31. The van der Waals surface area contributed by atoms with Gasteiger partial charge in [-0.25, -0.2) is 5.21 Å². The van der Waals surface area contributed by atoms with Crippen molar-refractivity contribution in [3.63, 3.8) is 0 Å². The van der Waals surface area contributed by atoms with Crippen LogP contribution in [0.3, 0.4) is 0 Å². The lowest BCUT2D eigenvalue weighted by atomic mass is 9.83.